The average molecular weight is 244 g/mol. The van der Waals surface area contributed by atoms with E-state index < -0.39 is 10.0 Å². The van der Waals surface area contributed by atoms with E-state index in [4.69, 9.17) is 16.3 Å². The number of hydrogen-bond donors (Lipinski definition) is 1. The highest BCUT2D eigenvalue weighted by molar-refractivity contribution is 7.89. The van der Waals surface area contributed by atoms with Gasteiger partial charge >= 0.3 is 0 Å². The third kappa shape index (κ3) is 7.55. The highest BCUT2D eigenvalue weighted by atomic mass is 35.5. The highest BCUT2D eigenvalue weighted by Crippen LogP contribution is 1.97. The fraction of sp³-hybridized carbons (Fsp3) is 1.00. The van der Waals surface area contributed by atoms with Crippen LogP contribution in [0.1, 0.15) is 13.3 Å². The van der Waals surface area contributed by atoms with Gasteiger partial charge in [-0.25, -0.2) is 13.1 Å². The van der Waals surface area contributed by atoms with Gasteiger partial charge in [0.2, 0.25) is 10.0 Å². The van der Waals surface area contributed by atoms with E-state index in [1.165, 1.54) is 0 Å². The Morgan fingerprint density at radius 1 is 1.50 bits per heavy atom. The number of nitrogens with one attached hydrogen (secondary N) is 1. The summed E-state index contributed by atoms with van der Waals surface area (Å²) in [6.07, 6.45) is 0.515. The van der Waals surface area contributed by atoms with Gasteiger partial charge in [-0.1, -0.05) is 6.92 Å². The van der Waals surface area contributed by atoms with Gasteiger partial charge in [0, 0.05) is 26.1 Å². The average Bonchev–Trinajstić information content (AvgIpc) is 2.14. The molecule has 0 aromatic rings. The van der Waals surface area contributed by atoms with Crippen LogP contribution in [0.5, 0.6) is 0 Å². The first-order valence-electron chi connectivity index (χ1n) is 4.54. The Morgan fingerprint density at radius 2 is 2.14 bits per heavy atom. The largest absolute Gasteiger partial charge is 0.385 e. The lowest BCUT2D eigenvalue weighted by Crippen LogP contribution is -2.31. The third-order valence-electron chi connectivity index (χ3n) is 1.68. The van der Waals surface area contributed by atoms with Gasteiger partial charge in [0.25, 0.3) is 0 Å². The van der Waals surface area contributed by atoms with Crippen molar-refractivity contribution in [1.29, 1.82) is 0 Å². The van der Waals surface area contributed by atoms with Crippen molar-refractivity contribution in [3.8, 4) is 0 Å². The molecule has 14 heavy (non-hydrogen) atoms. The van der Waals surface area contributed by atoms with Crippen molar-refractivity contribution in [3.63, 3.8) is 0 Å². The van der Waals surface area contributed by atoms with Crippen LogP contribution in [0, 0.1) is 5.92 Å². The Balaban J connectivity index is 3.73. The minimum atomic E-state index is -3.15. The quantitative estimate of drug-likeness (QED) is 0.507. The summed E-state index contributed by atoms with van der Waals surface area (Å²) in [4.78, 5) is 0. The monoisotopic (exact) mass is 243 g/mol. The van der Waals surface area contributed by atoms with Crippen LogP contribution in [0.15, 0.2) is 0 Å². The zero-order valence-electron chi connectivity index (χ0n) is 8.62. The number of sulfonamides is 1. The van der Waals surface area contributed by atoms with E-state index in [1.807, 2.05) is 6.92 Å². The number of methoxy groups -OCH3 is 1. The minimum Gasteiger partial charge on any atom is -0.385 e. The van der Waals surface area contributed by atoms with E-state index in [0.29, 0.717) is 25.5 Å². The second-order valence-electron chi connectivity index (χ2n) is 3.27. The Hall–Kier alpha value is 0.160. The molecular weight excluding hydrogens is 226 g/mol. The second-order valence-corrected chi connectivity index (χ2v) is 5.51. The molecule has 0 aliphatic carbocycles. The summed E-state index contributed by atoms with van der Waals surface area (Å²) in [7, 11) is -1.60. The molecule has 4 nitrogen and oxygen atoms in total. The molecule has 0 aromatic heterocycles. The van der Waals surface area contributed by atoms with Gasteiger partial charge in [-0.05, 0) is 12.3 Å². The van der Waals surface area contributed by atoms with Crippen LogP contribution in [0.25, 0.3) is 0 Å². The van der Waals surface area contributed by atoms with Crippen LogP contribution < -0.4 is 4.72 Å². The molecule has 0 aliphatic rings. The first-order chi connectivity index (χ1) is 6.52. The summed E-state index contributed by atoms with van der Waals surface area (Å²) in [5.41, 5.74) is 0. The maximum absolute atomic E-state index is 11.3. The number of halogens is 1. The van der Waals surface area contributed by atoms with Gasteiger partial charge in [0.05, 0.1) is 5.75 Å². The zero-order chi connectivity index (χ0) is 11.0. The lowest BCUT2D eigenvalue weighted by Gasteiger charge is -2.09. The number of ether oxygens (including phenoxy) is 1. The maximum Gasteiger partial charge on any atom is 0.211 e. The summed E-state index contributed by atoms with van der Waals surface area (Å²) < 4.78 is 29.9. The SMILES string of the molecule is COCCCS(=O)(=O)NCC(C)CCl. The van der Waals surface area contributed by atoms with Gasteiger partial charge in [-0.15, -0.1) is 11.6 Å². The molecule has 0 amide bonds. The van der Waals surface area contributed by atoms with E-state index >= 15 is 0 Å². The number of rotatable bonds is 8. The molecule has 0 saturated heterocycles. The molecule has 0 spiro atoms. The summed E-state index contributed by atoms with van der Waals surface area (Å²) in [5, 5.41) is 0. The fourth-order valence-corrected chi connectivity index (χ4v) is 2.08. The van der Waals surface area contributed by atoms with Crippen molar-refractivity contribution in [2.24, 2.45) is 5.92 Å². The molecule has 6 heteroatoms. The van der Waals surface area contributed by atoms with Crippen molar-refractivity contribution in [2.75, 3.05) is 31.9 Å². The summed E-state index contributed by atoms with van der Waals surface area (Å²) in [6, 6.07) is 0. The molecule has 0 saturated carbocycles. The predicted octanol–water partition coefficient (Wildman–Crippen LogP) is 0.817. The zero-order valence-corrected chi connectivity index (χ0v) is 10.2. The summed E-state index contributed by atoms with van der Waals surface area (Å²) in [6.45, 7) is 2.76. The molecule has 0 fully saturated rings. The van der Waals surface area contributed by atoms with Crippen LogP contribution in [-0.4, -0.2) is 40.3 Å². The Kier molecular flexibility index (Phi) is 7.54. The van der Waals surface area contributed by atoms with Crippen LogP contribution >= 0.6 is 11.6 Å². The number of alkyl halides is 1. The predicted molar refractivity (Wildman–Crippen MR) is 58.2 cm³/mol. The Bertz CT molecular complexity index is 231. The van der Waals surface area contributed by atoms with E-state index in [9.17, 15) is 8.42 Å². The Labute approximate surface area is 91.0 Å². The molecule has 86 valence electrons. The van der Waals surface area contributed by atoms with Crippen LogP contribution in [-0.2, 0) is 14.8 Å². The first-order valence-corrected chi connectivity index (χ1v) is 6.72. The normalized spacial score (nSPS) is 14.2. The lowest BCUT2D eigenvalue weighted by molar-refractivity contribution is 0.199. The molecule has 0 bridgehead atoms. The standard InChI is InChI=1S/C8H18ClNO3S/c1-8(6-9)7-10-14(11,12)5-3-4-13-2/h8,10H,3-7H2,1-2H3. The van der Waals surface area contributed by atoms with Crippen molar-refractivity contribution >= 4 is 21.6 Å². The maximum atomic E-state index is 11.3. The third-order valence-corrected chi connectivity index (χ3v) is 3.64. The van der Waals surface area contributed by atoms with Crippen molar-refractivity contribution in [1.82, 2.24) is 4.72 Å². The lowest BCUT2D eigenvalue weighted by atomic mass is 10.2. The molecule has 1 unspecified atom stereocenters. The van der Waals surface area contributed by atoms with Crippen molar-refractivity contribution < 1.29 is 13.2 Å². The topological polar surface area (TPSA) is 55.4 Å². The van der Waals surface area contributed by atoms with E-state index in [0.717, 1.165) is 0 Å². The summed E-state index contributed by atoms with van der Waals surface area (Å²) in [5.74, 6) is 0.727. The van der Waals surface area contributed by atoms with Crippen LogP contribution in [0.2, 0.25) is 0 Å². The second kappa shape index (κ2) is 7.45. The van der Waals surface area contributed by atoms with Crippen LogP contribution in [0.3, 0.4) is 0 Å². The molecular formula is C8H18ClNO3S. The number of hydrogen-bond acceptors (Lipinski definition) is 3. The van der Waals surface area contributed by atoms with Gasteiger partial charge in [0.15, 0.2) is 0 Å². The smallest absolute Gasteiger partial charge is 0.211 e. The molecule has 1 atom stereocenters. The minimum absolute atomic E-state index is 0.107. The molecule has 0 heterocycles. The fourth-order valence-electron chi connectivity index (χ4n) is 0.789. The van der Waals surface area contributed by atoms with Gasteiger partial charge in [0.1, 0.15) is 0 Å². The highest BCUT2D eigenvalue weighted by Gasteiger charge is 2.10. The van der Waals surface area contributed by atoms with Crippen molar-refractivity contribution in [3.05, 3.63) is 0 Å². The first kappa shape index (κ1) is 14.2. The van der Waals surface area contributed by atoms with Crippen molar-refractivity contribution in [2.45, 2.75) is 13.3 Å². The molecule has 0 rings (SSSR count). The van der Waals surface area contributed by atoms with E-state index in [2.05, 4.69) is 4.72 Å². The molecule has 1 N–H and O–H groups in total. The van der Waals surface area contributed by atoms with Crippen LogP contribution in [0.4, 0.5) is 0 Å². The Morgan fingerprint density at radius 3 is 2.64 bits per heavy atom. The van der Waals surface area contributed by atoms with Gasteiger partial charge in [-0.3, -0.25) is 0 Å². The molecule has 0 aliphatic heterocycles. The van der Waals surface area contributed by atoms with Gasteiger partial charge < -0.3 is 4.74 Å². The molecule has 0 radical (unpaired) electrons. The van der Waals surface area contributed by atoms with E-state index in [-0.39, 0.29) is 11.7 Å². The summed E-state index contributed by atoms with van der Waals surface area (Å²) >= 11 is 5.55. The van der Waals surface area contributed by atoms with Gasteiger partial charge in [-0.2, -0.15) is 0 Å². The molecule has 0 aromatic carbocycles. The van der Waals surface area contributed by atoms with E-state index in [1.54, 1.807) is 7.11 Å².